The van der Waals surface area contributed by atoms with Crippen LogP contribution in [-0.2, 0) is 16.0 Å². The highest BCUT2D eigenvalue weighted by Gasteiger charge is 2.32. The number of hydrogen-bond donors (Lipinski definition) is 2. The number of carbonyl (C=O) groups excluding carboxylic acids is 2. The normalized spacial score (nSPS) is 17.6. The first-order valence-corrected chi connectivity index (χ1v) is 12.5. The number of carbonyl (C=O) groups is 2. The Bertz CT molecular complexity index is 940. The number of ether oxygens (including phenoxy) is 1. The molecule has 2 atom stereocenters. The minimum Gasteiger partial charge on any atom is -0.465 e. The maximum absolute atomic E-state index is 12.9. The molecule has 3 rings (SSSR count). The van der Waals surface area contributed by atoms with E-state index in [1.165, 1.54) is 36.8 Å². The summed E-state index contributed by atoms with van der Waals surface area (Å²) in [5.74, 6) is 0.400. The van der Waals surface area contributed by atoms with Gasteiger partial charge in [0.2, 0.25) is 0 Å². The molecule has 1 saturated carbocycles. The Morgan fingerprint density at radius 1 is 1.06 bits per heavy atom. The van der Waals surface area contributed by atoms with Gasteiger partial charge in [-0.3, -0.25) is 9.59 Å². The summed E-state index contributed by atoms with van der Waals surface area (Å²) in [4.78, 5) is 24.7. The number of nitrogens with one attached hydrogen (secondary N) is 1. The fraction of sp³-hybridized carbons (Fsp3) is 0.517. The van der Waals surface area contributed by atoms with E-state index in [0.717, 1.165) is 5.56 Å². The van der Waals surface area contributed by atoms with Crippen molar-refractivity contribution in [3.05, 3.63) is 70.8 Å². The summed E-state index contributed by atoms with van der Waals surface area (Å²) >= 11 is 0. The SMILES string of the molecule is CCOC(=O)[C@@H](N)Cc1ccc(C(=O)NC[C@@H](c2ccc(C)cc2)C2CCC(C)(C)CC2)cc1. The van der Waals surface area contributed by atoms with E-state index in [4.69, 9.17) is 10.5 Å². The van der Waals surface area contributed by atoms with Crippen LogP contribution in [0.3, 0.4) is 0 Å². The van der Waals surface area contributed by atoms with Crippen LogP contribution in [0.1, 0.15) is 79.4 Å². The molecule has 0 spiro atoms. The van der Waals surface area contributed by atoms with E-state index in [2.05, 4.69) is 50.4 Å². The Balaban J connectivity index is 1.63. The van der Waals surface area contributed by atoms with Crippen LogP contribution in [0.4, 0.5) is 0 Å². The van der Waals surface area contributed by atoms with Crippen molar-refractivity contribution in [2.24, 2.45) is 17.1 Å². The molecule has 0 aliphatic heterocycles. The monoisotopic (exact) mass is 464 g/mol. The van der Waals surface area contributed by atoms with E-state index < -0.39 is 12.0 Å². The van der Waals surface area contributed by atoms with Gasteiger partial charge in [0.15, 0.2) is 0 Å². The lowest BCUT2D eigenvalue weighted by molar-refractivity contribution is -0.144. The molecule has 2 aromatic carbocycles. The lowest BCUT2D eigenvalue weighted by Gasteiger charge is -2.38. The Labute approximate surface area is 204 Å². The van der Waals surface area contributed by atoms with Gasteiger partial charge in [-0.15, -0.1) is 0 Å². The van der Waals surface area contributed by atoms with Gasteiger partial charge >= 0.3 is 5.97 Å². The smallest absolute Gasteiger partial charge is 0.323 e. The molecule has 3 N–H and O–H groups in total. The van der Waals surface area contributed by atoms with Gasteiger partial charge in [0, 0.05) is 18.0 Å². The molecule has 184 valence electrons. The zero-order valence-electron chi connectivity index (χ0n) is 21.1. The average Bonchev–Trinajstić information content (AvgIpc) is 2.81. The number of amides is 1. The summed E-state index contributed by atoms with van der Waals surface area (Å²) < 4.78 is 4.97. The molecule has 1 amide bonds. The number of rotatable bonds is 9. The molecular formula is C29H40N2O3. The zero-order chi connectivity index (χ0) is 24.7. The summed E-state index contributed by atoms with van der Waals surface area (Å²) in [7, 11) is 0. The third-order valence-electron chi connectivity index (χ3n) is 7.20. The standard InChI is InChI=1S/C29H40N2O3/c1-5-34-28(33)26(30)18-21-8-12-24(13-9-21)27(32)31-19-25(22-10-6-20(2)7-11-22)23-14-16-29(3,4)17-15-23/h6-13,23,25-26H,5,14-19,30H2,1-4H3,(H,31,32)/t25-,26-/m0/s1. The quantitative estimate of drug-likeness (QED) is 0.503. The van der Waals surface area contributed by atoms with Crippen molar-refractivity contribution >= 4 is 11.9 Å². The lowest BCUT2D eigenvalue weighted by atomic mass is 9.68. The predicted octanol–water partition coefficient (Wildman–Crippen LogP) is 5.16. The van der Waals surface area contributed by atoms with Crippen molar-refractivity contribution < 1.29 is 14.3 Å². The summed E-state index contributed by atoms with van der Waals surface area (Å²) in [6.45, 7) is 9.52. The van der Waals surface area contributed by atoms with Crippen LogP contribution in [0.15, 0.2) is 48.5 Å². The molecule has 1 aliphatic carbocycles. The second kappa shape index (κ2) is 11.7. The number of aryl methyl sites for hydroxylation is 1. The third-order valence-corrected chi connectivity index (χ3v) is 7.20. The molecule has 0 heterocycles. The molecule has 5 nitrogen and oxygen atoms in total. The van der Waals surface area contributed by atoms with Crippen molar-refractivity contribution in [2.45, 2.75) is 71.8 Å². The molecule has 2 aromatic rings. The Morgan fingerprint density at radius 2 is 1.68 bits per heavy atom. The topological polar surface area (TPSA) is 81.4 Å². The van der Waals surface area contributed by atoms with E-state index in [1.54, 1.807) is 19.1 Å². The van der Waals surface area contributed by atoms with Crippen molar-refractivity contribution in [2.75, 3.05) is 13.2 Å². The van der Waals surface area contributed by atoms with E-state index >= 15 is 0 Å². The van der Waals surface area contributed by atoms with Gasteiger partial charge in [-0.05, 0) is 80.5 Å². The molecule has 0 radical (unpaired) electrons. The molecule has 0 aromatic heterocycles. The first kappa shape index (κ1) is 26.0. The van der Waals surface area contributed by atoms with Crippen molar-refractivity contribution in [3.63, 3.8) is 0 Å². The second-order valence-electron chi connectivity index (χ2n) is 10.5. The van der Waals surface area contributed by atoms with Crippen LogP contribution in [0.25, 0.3) is 0 Å². The predicted molar refractivity (Wildman–Crippen MR) is 137 cm³/mol. The fourth-order valence-corrected chi connectivity index (χ4v) is 4.88. The minimum absolute atomic E-state index is 0.0745. The van der Waals surface area contributed by atoms with Gasteiger partial charge in [-0.25, -0.2) is 0 Å². The molecule has 5 heteroatoms. The van der Waals surface area contributed by atoms with Gasteiger partial charge in [-0.2, -0.15) is 0 Å². The Morgan fingerprint density at radius 3 is 2.26 bits per heavy atom. The average molecular weight is 465 g/mol. The fourth-order valence-electron chi connectivity index (χ4n) is 4.88. The molecule has 0 unspecified atom stereocenters. The van der Waals surface area contributed by atoms with Gasteiger partial charge in [0.05, 0.1) is 6.61 Å². The summed E-state index contributed by atoms with van der Waals surface area (Å²) in [6.07, 6.45) is 5.22. The maximum Gasteiger partial charge on any atom is 0.323 e. The van der Waals surface area contributed by atoms with Crippen LogP contribution in [0.2, 0.25) is 0 Å². The van der Waals surface area contributed by atoms with E-state index in [0.29, 0.717) is 42.4 Å². The molecule has 0 saturated heterocycles. The van der Waals surface area contributed by atoms with Crippen molar-refractivity contribution in [1.82, 2.24) is 5.32 Å². The van der Waals surface area contributed by atoms with E-state index in [-0.39, 0.29) is 5.91 Å². The van der Waals surface area contributed by atoms with Crippen LogP contribution in [0.5, 0.6) is 0 Å². The minimum atomic E-state index is -0.699. The van der Waals surface area contributed by atoms with Gasteiger partial charge in [0.1, 0.15) is 6.04 Å². The van der Waals surface area contributed by atoms with Gasteiger partial charge in [0.25, 0.3) is 5.91 Å². The molecular weight excluding hydrogens is 424 g/mol. The first-order valence-electron chi connectivity index (χ1n) is 12.5. The zero-order valence-corrected chi connectivity index (χ0v) is 21.1. The molecule has 1 aliphatic rings. The number of benzene rings is 2. The van der Waals surface area contributed by atoms with E-state index in [1.807, 2.05) is 12.1 Å². The first-order chi connectivity index (χ1) is 16.2. The highest BCUT2D eigenvalue weighted by atomic mass is 16.5. The molecule has 0 bridgehead atoms. The number of esters is 1. The van der Waals surface area contributed by atoms with Crippen molar-refractivity contribution in [3.8, 4) is 0 Å². The Kier molecular flexibility index (Phi) is 8.90. The maximum atomic E-state index is 12.9. The lowest BCUT2D eigenvalue weighted by Crippen LogP contribution is -2.34. The van der Waals surface area contributed by atoms with E-state index in [9.17, 15) is 9.59 Å². The second-order valence-corrected chi connectivity index (χ2v) is 10.5. The summed E-state index contributed by atoms with van der Waals surface area (Å²) in [5, 5.41) is 3.19. The highest BCUT2D eigenvalue weighted by Crippen LogP contribution is 2.43. The highest BCUT2D eigenvalue weighted by molar-refractivity contribution is 5.94. The Hall–Kier alpha value is -2.66. The van der Waals surface area contributed by atoms with Gasteiger partial charge < -0.3 is 15.8 Å². The molecule has 1 fully saturated rings. The third kappa shape index (κ3) is 7.17. The van der Waals surface area contributed by atoms with Crippen molar-refractivity contribution in [1.29, 1.82) is 0 Å². The summed E-state index contributed by atoms with van der Waals surface area (Å²) in [5.41, 5.74) is 10.4. The largest absolute Gasteiger partial charge is 0.465 e. The summed E-state index contributed by atoms with van der Waals surface area (Å²) in [6, 6.07) is 15.4. The van der Waals surface area contributed by atoms with Crippen LogP contribution in [0, 0.1) is 18.3 Å². The van der Waals surface area contributed by atoms with Gasteiger partial charge in [-0.1, -0.05) is 55.8 Å². The van der Waals surface area contributed by atoms with Crippen LogP contribution < -0.4 is 11.1 Å². The molecule has 34 heavy (non-hydrogen) atoms. The number of nitrogens with two attached hydrogens (primary N) is 1. The number of hydrogen-bond acceptors (Lipinski definition) is 4. The van der Waals surface area contributed by atoms with Crippen LogP contribution >= 0.6 is 0 Å². The van der Waals surface area contributed by atoms with Crippen LogP contribution in [-0.4, -0.2) is 31.1 Å².